The van der Waals surface area contributed by atoms with Gasteiger partial charge in [0, 0.05) is 21.3 Å². The molecule has 0 aliphatic heterocycles. The van der Waals surface area contributed by atoms with Crippen LogP contribution in [0.1, 0.15) is 32.3 Å². The monoisotopic (exact) mass is 534 g/mol. The summed E-state index contributed by atoms with van der Waals surface area (Å²) in [6.45, 7) is 4.01. The molecular weight excluding hydrogens is 511 g/mol. The molecule has 7 heteroatoms. The number of aryl methyl sites for hydroxylation is 2. The van der Waals surface area contributed by atoms with Gasteiger partial charge in [-0.1, -0.05) is 65.7 Å². The fraction of sp³-hybridized carbons (Fsp3) is 0.103. The normalized spacial score (nSPS) is 11.6. The third-order valence-corrected chi connectivity index (χ3v) is 7.15. The number of hydrogen-bond acceptors (Lipinski definition) is 3. The van der Waals surface area contributed by atoms with E-state index in [0.29, 0.717) is 16.3 Å². The number of rotatable bonds is 7. The smallest absolute Gasteiger partial charge is 0.257 e. The summed E-state index contributed by atoms with van der Waals surface area (Å²) in [7, 11) is 0. The third-order valence-electron chi connectivity index (χ3n) is 5.35. The summed E-state index contributed by atoms with van der Waals surface area (Å²) in [6.07, 6.45) is 0. The van der Waals surface area contributed by atoms with Crippen molar-refractivity contribution < 1.29 is 9.59 Å². The Kier molecular flexibility index (Phi) is 8.36. The summed E-state index contributed by atoms with van der Waals surface area (Å²) in [5, 5.41) is 6.18. The Labute approximate surface area is 225 Å². The van der Waals surface area contributed by atoms with E-state index in [1.54, 1.807) is 18.2 Å². The van der Waals surface area contributed by atoms with Crippen molar-refractivity contribution in [3.8, 4) is 0 Å². The molecule has 0 radical (unpaired) electrons. The first-order valence-corrected chi connectivity index (χ1v) is 12.9. The molecule has 0 aromatic heterocycles. The Hall–Kier alpha value is -3.25. The van der Waals surface area contributed by atoms with Crippen LogP contribution in [0.2, 0.25) is 10.0 Å². The van der Waals surface area contributed by atoms with Crippen LogP contribution in [0.15, 0.2) is 95.9 Å². The summed E-state index contributed by atoms with van der Waals surface area (Å²) in [6, 6.07) is 27.7. The van der Waals surface area contributed by atoms with Gasteiger partial charge >= 0.3 is 0 Å². The zero-order valence-electron chi connectivity index (χ0n) is 19.7. The maximum absolute atomic E-state index is 13.4. The number of anilines is 2. The van der Waals surface area contributed by atoms with Crippen LogP contribution >= 0.6 is 35.0 Å². The molecule has 0 fully saturated rings. The number of thioether (sulfide) groups is 1. The first-order chi connectivity index (χ1) is 17.3. The summed E-state index contributed by atoms with van der Waals surface area (Å²) < 4.78 is 0. The highest BCUT2D eigenvalue weighted by molar-refractivity contribution is 8.00. The summed E-state index contributed by atoms with van der Waals surface area (Å²) in [5.74, 6) is -0.468. The van der Waals surface area contributed by atoms with Crippen molar-refractivity contribution in [3.63, 3.8) is 0 Å². The number of benzene rings is 4. The average Bonchev–Trinajstić information content (AvgIpc) is 2.82. The minimum absolute atomic E-state index is 0.126. The van der Waals surface area contributed by atoms with Crippen LogP contribution in [0.3, 0.4) is 0 Å². The second-order valence-electron chi connectivity index (χ2n) is 8.38. The first-order valence-electron chi connectivity index (χ1n) is 11.3. The lowest BCUT2D eigenvalue weighted by Crippen LogP contribution is -2.19. The van der Waals surface area contributed by atoms with Gasteiger partial charge in [0.1, 0.15) is 5.25 Å². The molecule has 4 aromatic rings. The highest BCUT2D eigenvalue weighted by Gasteiger charge is 2.23. The molecule has 36 heavy (non-hydrogen) atoms. The molecule has 4 aromatic carbocycles. The maximum Gasteiger partial charge on any atom is 0.257 e. The van der Waals surface area contributed by atoms with E-state index in [2.05, 4.69) is 16.7 Å². The molecule has 182 valence electrons. The van der Waals surface area contributed by atoms with Crippen molar-refractivity contribution in [1.82, 2.24) is 0 Å². The number of halogens is 2. The van der Waals surface area contributed by atoms with Crippen LogP contribution in [-0.4, -0.2) is 11.8 Å². The molecule has 0 bridgehead atoms. The van der Waals surface area contributed by atoms with Gasteiger partial charge in [-0.3, -0.25) is 9.59 Å². The molecule has 0 aliphatic carbocycles. The Balaban J connectivity index is 1.56. The fourth-order valence-corrected chi connectivity index (χ4v) is 5.39. The largest absolute Gasteiger partial charge is 0.325 e. The average molecular weight is 535 g/mol. The van der Waals surface area contributed by atoms with Gasteiger partial charge < -0.3 is 10.6 Å². The topological polar surface area (TPSA) is 58.2 Å². The van der Waals surface area contributed by atoms with E-state index in [1.165, 1.54) is 17.8 Å². The van der Waals surface area contributed by atoms with Crippen molar-refractivity contribution in [2.75, 3.05) is 10.6 Å². The van der Waals surface area contributed by atoms with E-state index in [9.17, 15) is 9.59 Å². The number of carbonyl (C=O) groups is 2. The van der Waals surface area contributed by atoms with Gasteiger partial charge in [-0.2, -0.15) is 0 Å². The predicted molar refractivity (Wildman–Crippen MR) is 150 cm³/mol. The standard InChI is InChI=1S/C29H24Cl2N2O2S/c1-18-13-19(2)15-23(14-18)33-29(35)27(20-7-4-3-5-8-20)36-24-10-6-9-22(17-24)32-28(34)25-12-11-21(30)16-26(25)31/h3-17,27H,1-2H3,(H,32,34)(H,33,35). The Morgan fingerprint density at radius 2 is 1.47 bits per heavy atom. The molecule has 0 aliphatic rings. The highest BCUT2D eigenvalue weighted by Crippen LogP contribution is 2.37. The molecule has 0 spiro atoms. The number of carbonyl (C=O) groups excluding carboxylic acids is 2. The van der Waals surface area contributed by atoms with Crippen molar-refractivity contribution in [1.29, 1.82) is 0 Å². The number of nitrogens with one attached hydrogen (secondary N) is 2. The van der Waals surface area contributed by atoms with Gasteiger partial charge in [0.25, 0.3) is 5.91 Å². The first kappa shape index (κ1) is 25.8. The molecule has 4 nitrogen and oxygen atoms in total. The van der Waals surface area contributed by atoms with Crippen LogP contribution in [0.5, 0.6) is 0 Å². The molecule has 1 atom stereocenters. The van der Waals surface area contributed by atoms with Gasteiger partial charge in [-0.05, 0) is 79.1 Å². The molecule has 0 saturated heterocycles. The fourth-order valence-electron chi connectivity index (χ4n) is 3.81. The molecular formula is C29H24Cl2N2O2S. The van der Waals surface area contributed by atoms with Crippen LogP contribution in [0.25, 0.3) is 0 Å². The van der Waals surface area contributed by atoms with Gasteiger partial charge in [0.2, 0.25) is 5.91 Å². The molecule has 2 amide bonds. The number of hydrogen-bond donors (Lipinski definition) is 2. The van der Waals surface area contributed by atoms with Crippen LogP contribution in [-0.2, 0) is 4.79 Å². The highest BCUT2D eigenvalue weighted by atomic mass is 35.5. The summed E-state index contributed by atoms with van der Waals surface area (Å²) >= 11 is 13.5. The van der Waals surface area contributed by atoms with Gasteiger partial charge in [-0.15, -0.1) is 11.8 Å². The lowest BCUT2D eigenvalue weighted by Gasteiger charge is -2.18. The molecule has 1 unspecified atom stereocenters. The lowest BCUT2D eigenvalue weighted by molar-refractivity contribution is -0.115. The van der Waals surface area contributed by atoms with E-state index < -0.39 is 5.25 Å². The van der Waals surface area contributed by atoms with Crippen molar-refractivity contribution >= 4 is 58.2 Å². The summed E-state index contributed by atoms with van der Waals surface area (Å²) in [5.41, 5.74) is 4.73. The van der Waals surface area contributed by atoms with Gasteiger partial charge in [-0.25, -0.2) is 0 Å². The van der Waals surface area contributed by atoms with Crippen molar-refractivity contribution in [3.05, 3.63) is 123 Å². The Morgan fingerprint density at radius 3 is 2.17 bits per heavy atom. The Morgan fingerprint density at radius 1 is 0.750 bits per heavy atom. The van der Waals surface area contributed by atoms with Crippen LogP contribution in [0, 0.1) is 13.8 Å². The van der Waals surface area contributed by atoms with Gasteiger partial charge in [0.05, 0.1) is 10.6 Å². The van der Waals surface area contributed by atoms with E-state index in [4.69, 9.17) is 23.2 Å². The van der Waals surface area contributed by atoms with E-state index >= 15 is 0 Å². The minimum atomic E-state index is -0.497. The number of amides is 2. The van der Waals surface area contributed by atoms with Crippen LogP contribution < -0.4 is 10.6 Å². The van der Waals surface area contributed by atoms with Crippen molar-refractivity contribution in [2.24, 2.45) is 0 Å². The van der Waals surface area contributed by atoms with E-state index in [-0.39, 0.29) is 16.8 Å². The molecule has 4 rings (SSSR count). The van der Waals surface area contributed by atoms with E-state index in [0.717, 1.165) is 27.3 Å². The van der Waals surface area contributed by atoms with Crippen LogP contribution in [0.4, 0.5) is 11.4 Å². The second kappa shape index (κ2) is 11.7. The minimum Gasteiger partial charge on any atom is -0.325 e. The zero-order valence-corrected chi connectivity index (χ0v) is 22.0. The quantitative estimate of drug-likeness (QED) is 0.234. The van der Waals surface area contributed by atoms with Gasteiger partial charge in [0.15, 0.2) is 0 Å². The van der Waals surface area contributed by atoms with E-state index in [1.807, 2.05) is 74.5 Å². The predicted octanol–water partition coefficient (Wildman–Crippen LogP) is 8.33. The lowest BCUT2D eigenvalue weighted by atomic mass is 10.1. The second-order valence-corrected chi connectivity index (χ2v) is 10.4. The third kappa shape index (κ3) is 6.70. The molecule has 0 saturated carbocycles. The Bertz CT molecular complexity index is 1390. The molecule has 2 N–H and O–H groups in total. The zero-order chi connectivity index (χ0) is 25.7. The summed E-state index contributed by atoms with van der Waals surface area (Å²) in [4.78, 5) is 27.0. The SMILES string of the molecule is Cc1cc(C)cc(NC(=O)C(Sc2cccc(NC(=O)c3ccc(Cl)cc3Cl)c2)c2ccccc2)c1. The molecule has 0 heterocycles. The maximum atomic E-state index is 13.4. The van der Waals surface area contributed by atoms with Crippen molar-refractivity contribution in [2.45, 2.75) is 24.0 Å².